The number of isocyanates is 1. The van der Waals surface area contributed by atoms with Gasteiger partial charge in [-0.3, -0.25) is 4.79 Å². The summed E-state index contributed by atoms with van der Waals surface area (Å²) in [4.78, 5) is 25.4. The summed E-state index contributed by atoms with van der Waals surface area (Å²) in [5, 5.41) is 2.87. The zero-order valence-corrected chi connectivity index (χ0v) is 9.48. The van der Waals surface area contributed by atoms with Crippen molar-refractivity contribution in [3.63, 3.8) is 0 Å². The smallest absolute Gasteiger partial charge is 0.240 e. The van der Waals surface area contributed by atoms with Gasteiger partial charge in [0.25, 0.3) is 0 Å². The Hall–Kier alpha value is -1.93. The molecule has 0 radical (unpaired) electrons. The highest BCUT2D eigenvalue weighted by atomic mass is 16.1. The van der Waals surface area contributed by atoms with Gasteiger partial charge in [-0.2, -0.15) is 4.99 Å². The fourth-order valence-corrected chi connectivity index (χ4v) is 2.10. The van der Waals surface area contributed by atoms with Gasteiger partial charge in [-0.1, -0.05) is 12.8 Å². The van der Waals surface area contributed by atoms with E-state index in [4.69, 9.17) is 0 Å². The summed E-state index contributed by atoms with van der Waals surface area (Å²) in [7, 11) is 0. The first-order chi connectivity index (χ1) is 8.29. The van der Waals surface area contributed by atoms with Crippen LogP contribution in [0.3, 0.4) is 0 Å². The van der Waals surface area contributed by atoms with E-state index in [0.717, 1.165) is 31.4 Å². The Bertz CT molecular complexity index is 441. The van der Waals surface area contributed by atoms with Gasteiger partial charge >= 0.3 is 0 Å². The molecular weight excluding hydrogens is 216 g/mol. The molecule has 0 spiro atoms. The SMILES string of the molecule is O=C=Nc1ccc(NC(=O)C2CCCC2)cc1. The van der Waals surface area contributed by atoms with Gasteiger partial charge in [-0.05, 0) is 37.1 Å². The Morgan fingerprint density at radius 2 is 1.88 bits per heavy atom. The summed E-state index contributed by atoms with van der Waals surface area (Å²) in [5.41, 5.74) is 1.28. The van der Waals surface area contributed by atoms with Crippen LogP contribution in [0.5, 0.6) is 0 Å². The summed E-state index contributed by atoms with van der Waals surface area (Å²) < 4.78 is 0. The zero-order valence-electron chi connectivity index (χ0n) is 9.48. The van der Waals surface area contributed by atoms with Crippen LogP contribution < -0.4 is 5.32 Å². The molecule has 1 aromatic carbocycles. The predicted octanol–water partition coefficient (Wildman–Crippen LogP) is 2.78. The van der Waals surface area contributed by atoms with Crippen molar-refractivity contribution >= 4 is 23.4 Å². The normalized spacial score (nSPS) is 15.3. The highest BCUT2D eigenvalue weighted by Crippen LogP contribution is 2.26. The number of rotatable bonds is 3. The van der Waals surface area contributed by atoms with E-state index in [9.17, 15) is 9.59 Å². The van der Waals surface area contributed by atoms with Crippen LogP contribution in [0.15, 0.2) is 29.3 Å². The van der Waals surface area contributed by atoms with Crippen LogP contribution in [-0.2, 0) is 9.59 Å². The number of aliphatic imine (C=N–C) groups is 1. The van der Waals surface area contributed by atoms with E-state index in [-0.39, 0.29) is 11.8 Å². The Morgan fingerprint density at radius 1 is 1.24 bits per heavy atom. The van der Waals surface area contributed by atoms with Crippen LogP contribution in [0.1, 0.15) is 25.7 Å². The minimum atomic E-state index is 0.0918. The molecule has 1 aliphatic rings. The number of anilines is 1. The van der Waals surface area contributed by atoms with Crippen molar-refractivity contribution < 1.29 is 9.59 Å². The first kappa shape index (κ1) is 11.6. The lowest BCUT2D eigenvalue weighted by molar-refractivity contribution is -0.119. The summed E-state index contributed by atoms with van der Waals surface area (Å²) in [6.45, 7) is 0. The maximum Gasteiger partial charge on any atom is 0.240 e. The van der Waals surface area contributed by atoms with Gasteiger partial charge < -0.3 is 5.32 Å². The van der Waals surface area contributed by atoms with Crippen molar-refractivity contribution in [2.24, 2.45) is 10.9 Å². The van der Waals surface area contributed by atoms with Crippen LogP contribution >= 0.6 is 0 Å². The summed E-state index contributed by atoms with van der Waals surface area (Å²) >= 11 is 0. The molecule has 1 saturated carbocycles. The van der Waals surface area contributed by atoms with Crippen LogP contribution in [-0.4, -0.2) is 12.0 Å². The molecule has 2 rings (SSSR count). The minimum Gasteiger partial charge on any atom is -0.326 e. The first-order valence-electron chi connectivity index (χ1n) is 5.78. The topological polar surface area (TPSA) is 58.5 Å². The van der Waals surface area contributed by atoms with Gasteiger partial charge in [0.2, 0.25) is 12.0 Å². The Morgan fingerprint density at radius 3 is 2.47 bits per heavy atom. The summed E-state index contributed by atoms with van der Waals surface area (Å²) in [6, 6.07) is 6.83. The fourth-order valence-electron chi connectivity index (χ4n) is 2.10. The minimum absolute atomic E-state index is 0.0918. The second-order valence-corrected chi connectivity index (χ2v) is 4.22. The number of hydrogen-bond donors (Lipinski definition) is 1. The Balaban J connectivity index is 1.98. The number of nitrogens with one attached hydrogen (secondary N) is 1. The van der Waals surface area contributed by atoms with E-state index in [1.165, 1.54) is 6.08 Å². The molecule has 1 N–H and O–H groups in total. The van der Waals surface area contributed by atoms with Crippen LogP contribution in [0, 0.1) is 5.92 Å². The first-order valence-corrected chi connectivity index (χ1v) is 5.78. The Kier molecular flexibility index (Phi) is 3.68. The molecule has 0 atom stereocenters. The van der Waals surface area contributed by atoms with Crippen LogP contribution in [0.2, 0.25) is 0 Å². The number of amides is 1. The average molecular weight is 230 g/mol. The standard InChI is InChI=1S/C13H14N2O2/c16-9-14-11-5-7-12(8-6-11)15-13(17)10-3-1-2-4-10/h5-8,10H,1-4H2,(H,15,17). The van der Waals surface area contributed by atoms with E-state index >= 15 is 0 Å². The lowest BCUT2D eigenvalue weighted by atomic mass is 10.1. The molecular formula is C13H14N2O2. The molecule has 0 unspecified atom stereocenters. The van der Waals surface area contributed by atoms with Gasteiger partial charge in [0.05, 0.1) is 5.69 Å². The third-order valence-electron chi connectivity index (χ3n) is 3.04. The lowest BCUT2D eigenvalue weighted by Gasteiger charge is -2.10. The van der Waals surface area contributed by atoms with Crippen LogP contribution in [0.4, 0.5) is 11.4 Å². The van der Waals surface area contributed by atoms with Crippen molar-refractivity contribution in [3.8, 4) is 0 Å². The van der Waals surface area contributed by atoms with Crippen molar-refractivity contribution in [3.05, 3.63) is 24.3 Å². The Labute approximate surface area is 99.7 Å². The molecule has 17 heavy (non-hydrogen) atoms. The molecule has 4 heteroatoms. The molecule has 88 valence electrons. The molecule has 1 amide bonds. The molecule has 1 aliphatic carbocycles. The van der Waals surface area contributed by atoms with Crippen molar-refractivity contribution in [1.29, 1.82) is 0 Å². The van der Waals surface area contributed by atoms with E-state index < -0.39 is 0 Å². The molecule has 1 fully saturated rings. The predicted molar refractivity (Wildman–Crippen MR) is 64.8 cm³/mol. The largest absolute Gasteiger partial charge is 0.326 e. The van der Waals surface area contributed by atoms with E-state index in [2.05, 4.69) is 10.3 Å². The number of nitrogens with zero attached hydrogens (tertiary/aromatic N) is 1. The molecule has 0 aromatic heterocycles. The average Bonchev–Trinajstić information content (AvgIpc) is 2.86. The van der Waals surface area contributed by atoms with Crippen LogP contribution in [0.25, 0.3) is 0 Å². The third-order valence-corrected chi connectivity index (χ3v) is 3.04. The molecule has 4 nitrogen and oxygen atoms in total. The number of carbonyl (C=O) groups is 1. The summed E-state index contributed by atoms with van der Waals surface area (Å²) in [5.74, 6) is 0.247. The zero-order chi connectivity index (χ0) is 12.1. The van der Waals surface area contributed by atoms with Crippen molar-refractivity contribution in [2.75, 3.05) is 5.32 Å². The number of carbonyl (C=O) groups excluding carboxylic acids is 2. The van der Waals surface area contributed by atoms with E-state index in [1.807, 2.05) is 0 Å². The quantitative estimate of drug-likeness (QED) is 0.641. The molecule has 0 aliphatic heterocycles. The summed E-state index contributed by atoms with van der Waals surface area (Å²) in [6.07, 6.45) is 5.74. The number of benzene rings is 1. The van der Waals surface area contributed by atoms with Gasteiger partial charge in [0, 0.05) is 11.6 Å². The van der Waals surface area contributed by atoms with Crippen molar-refractivity contribution in [1.82, 2.24) is 0 Å². The van der Waals surface area contributed by atoms with E-state index in [0.29, 0.717) is 5.69 Å². The molecule has 1 aromatic rings. The highest BCUT2D eigenvalue weighted by Gasteiger charge is 2.22. The molecule has 0 bridgehead atoms. The second kappa shape index (κ2) is 5.41. The molecule has 0 heterocycles. The maximum atomic E-state index is 11.8. The van der Waals surface area contributed by atoms with Gasteiger partial charge in [0.1, 0.15) is 0 Å². The monoisotopic (exact) mass is 230 g/mol. The molecule has 0 saturated heterocycles. The van der Waals surface area contributed by atoms with Gasteiger partial charge in [0.15, 0.2) is 0 Å². The van der Waals surface area contributed by atoms with Gasteiger partial charge in [-0.25, -0.2) is 4.79 Å². The lowest BCUT2D eigenvalue weighted by Crippen LogP contribution is -2.20. The number of hydrogen-bond acceptors (Lipinski definition) is 3. The van der Waals surface area contributed by atoms with Crippen molar-refractivity contribution in [2.45, 2.75) is 25.7 Å². The highest BCUT2D eigenvalue weighted by molar-refractivity contribution is 5.92. The second-order valence-electron chi connectivity index (χ2n) is 4.22. The maximum absolute atomic E-state index is 11.8. The third kappa shape index (κ3) is 3.02. The van der Waals surface area contributed by atoms with E-state index in [1.54, 1.807) is 24.3 Å². The van der Waals surface area contributed by atoms with Gasteiger partial charge in [-0.15, -0.1) is 0 Å². The fraction of sp³-hybridized carbons (Fsp3) is 0.385.